The lowest BCUT2D eigenvalue weighted by Gasteiger charge is -2.18. The highest BCUT2D eigenvalue weighted by Gasteiger charge is 2.52. The Kier molecular flexibility index (Phi) is 3.21. The van der Waals surface area contributed by atoms with Crippen LogP contribution in [0.2, 0.25) is 5.02 Å². The second-order valence-corrected chi connectivity index (χ2v) is 6.08. The largest absolute Gasteiger partial charge is 0.397 e. The van der Waals surface area contributed by atoms with Crippen molar-refractivity contribution in [3.8, 4) is 0 Å². The molecule has 1 aliphatic heterocycles. The van der Waals surface area contributed by atoms with E-state index in [2.05, 4.69) is 6.92 Å². The van der Waals surface area contributed by atoms with Crippen LogP contribution in [0, 0.1) is 17.8 Å². The molecule has 106 valence electrons. The third-order valence-electron chi connectivity index (χ3n) is 4.55. The van der Waals surface area contributed by atoms with Crippen molar-refractivity contribution in [1.82, 2.24) is 0 Å². The van der Waals surface area contributed by atoms with Gasteiger partial charge in [-0.05, 0) is 37.0 Å². The van der Waals surface area contributed by atoms with Crippen LogP contribution < -0.4 is 10.6 Å². The van der Waals surface area contributed by atoms with Crippen molar-refractivity contribution in [2.24, 2.45) is 17.8 Å². The first kappa shape index (κ1) is 13.4. The molecule has 1 heterocycles. The van der Waals surface area contributed by atoms with Gasteiger partial charge in [0.2, 0.25) is 11.8 Å². The van der Waals surface area contributed by atoms with Gasteiger partial charge in [-0.3, -0.25) is 9.59 Å². The summed E-state index contributed by atoms with van der Waals surface area (Å²) < 4.78 is 0. The van der Waals surface area contributed by atoms with Gasteiger partial charge in [0.05, 0.1) is 28.2 Å². The number of fused-ring (bicyclic) bond motifs is 1. The Hall–Kier alpha value is -1.55. The number of benzene rings is 1. The third-order valence-corrected chi connectivity index (χ3v) is 4.89. The number of imide groups is 1. The van der Waals surface area contributed by atoms with E-state index in [1.807, 2.05) is 0 Å². The second kappa shape index (κ2) is 4.77. The van der Waals surface area contributed by atoms with Crippen LogP contribution in [-0.4, -0.2) is 11.8 Å². The van der Waals surface area contributed by atoms with Gasteiger partial charge >= 0.3 is 0 Å². The molecule has 4 nitrogen and oxygen atoms in total. The van der Waals surface area contributed by atoms with E-state index in [0.29, 0.717) is 22.3 Å². The molecule has 1 aromatic carbocycles. The maximum atomic E-state index is 12.5. The highest BCUT2D eigenvalue weighted by atomic mass is 35.5. The SMILES string of the molecule is CCC1CC2C(=O)N(c3ccc(Cl)c(N)c3)C(=O)C2C1. The second-order valence-electron chi connectivity index (χ2n) is 5.68. The third kappa shape index (κ3) is 1.90. The molecule has 2 N–H and O–H groups in total. The zero-order valence-electron chi connectivity index (χ0n) is 11.3. The fourth-order valence-corrected chi connectivity index (χ4v) is 3.50. The van der Waals surface area contributed by atoms with Crippen LogP contribution in [-0.2, 0) is 9.59 Å². The first-order valence-electron chi connectivity index (χ1n) is 6.95. The van der Waals surface area contributed by atoms with Crippen LogP contribution in [0.1, 0.15) is 26.2 Å². The average molecular weight is 293 g/mol. The average Bonchev–Trinajstić information content (AvgIpc) is 2.94. The number of carbonyl (C=O) groups excluding carboxylic acids is 2. The molecule has 2 aliphatic rings. The summed E-state index contributed by atoms with van der Waals surface area (Å²) in [7, 11) is 0. The molecule has 3 rings (SSSR count). The quantitative estimate of drug-likeness (QED) is 0.673. The van der Waals surface area contributed by atoms with E-state index >= 15 is 0 Å². The Morgan fingerprint density at radius 2 is 1.85 bits per heavy atom. The van der Waals surface area contributed by atoms with Crippen molar-refractivity contribution >= 4 is 34.8 Å². The molecule has 2 unspecified atom stereocenters. The highest BCUT2D eigenvalue weighted by Crippen LogP contribution is 2.45. The van der Waals surface area contributed by atoms with Gasteiger partial charge in [-0.2, -0.15) is 0 Å². The predicted molar refractivity (Wildman–Crippen MR) is 78.4 cm³/mol. The number of halogens is 1. The minimum atomic E-state index is -0.149. The van der Waals surface area contributed by atoms with Crippen molar-refractivity contribution in [1.29, 1.82) is 0 Å². The lowest BCUT2D eigenvalue weighted by atomic mass is 10.00. The minimum Gasteiger partial charge on any atom is -0.397 e. The first-order valence-corrected chi connectivity index (χ1v) is 7.33. The molecule has 2 amide bonds. The first-order chi connectivity index (χ1) is 9.52. The number of carbonyl (C=O) groups is 2. The Labute approximate surface area is 122 Å². The van der Waals surface area contributed by atoms with Gasteiger partial charge in [-0.25, -0.2) is 4.90 Å². The number of nitrogens with two attached hydrogens (primary N) is 1. The van der Waals surface area contributed by atoms with Crippen molar-refractivity contribution in [2.45, 2.75) is 26.2 Å². The number of rotatable bonds is 2. The molecule has 0 radical (unpaired) electrons. The molecular weight excluding hydrogens is 276 g/mol. The molecule has 0 aromatic heterocycles. The zero-order valence-corrected chi connectivity index (χ0v) is 12.1. The number of anilines is 2. The van der Waals surface area contributed by atoms with E-state index in [1.165, 1.54) is 4.90 Å². The van der Waals surface area contributed by atoms with Crippen molar-refractivity contribution < 1.29 is 9.59 Å². The molecule has 20 heavy (non-hydrogen) atoms. The Balaban J connectivity index is 1.91. The minimum absolute atomic E-state index is 0.0855. The summed E-state index contributed by atoms with van der Waals surface area (Å²) in [6, 6.07) is 4.89. The molecular formula is C15H17ClN2O2. The Bertz CT molecular complexity index is 563. The van der Waals surface area contributed by atoms with Crippen LogP contribution in [0.5, 0.6) is 0 Å². The fourth-order valence-electron chi connectivity index (χ4n) is 3.39. The number of amides is 2. The summed E-state index contributed by atoms with van der Waals surface area (Å²) in [4.78, 5) is 26.3. The van der Waals surface area contributed by atoms with E-state index in [9.17, 15) is 9.59 Å². The van der Waals surface area contributed by atoms with Crippen LogP contribution in [0.25, 0.3) is 0 Å². The number of nitrogen functional groups attached to an aromatic ring is 1. The highest BCUT2D eigenvalue weighted by molar-refractivity contribution is 6.33. The summed E-state index contributed by atoms with van der Waals surface area (Å²) in [5.41, 5.74) is 6.67. The lowest BCUT2D eigenvalue weighted by molar-refractivity contribution is -0.123. The van der Waals surface area contributed by atoms with Crippen molar-refractivity contribution in [2.75, 3.05) is 10.6 Å². The molecule has 2 atom stereocenters. The molecule has 2 fully saturated rings. The van der Waals surface area contributed by atoms with Gasteiger partial charge in [0.1, 0.15) is 0 Å². The predicted octanol–water partition coefficient (Wildman–Crippen LogP) is 2.85. The summed E-state index contributed by atoms with van der Waals surface area (Å²) >= 11 is 5.88. The molecule has 1 saturated heterocycles. The number of nitrogens with zero attached hydrogens (tertiary/aromatic N) is 1. The van der Waals surface area contributed by atoms with Crippen LogP contribution >= 0.6 is 11.6 Å². The summed E-state index contributed by atoms with van der Waals surface area (Å²) in [5.74, 6) is 0.0272. The van der Waals surface area contributed by atoms with Crippen LogP contribution in [0.3, 0.4) is 0 Å². The number of hydrogen-bond donors (Lipinski definition) is 1. The smallest absolute Gasteiger partial charge is 0.237 e. The van der Waals surface area contributed by atoms with Gasteiger partial charge in [-0.1, -0.05) is 24.9 Å². The molecule has 1 aromatic rings. The van der Waals surface area contributed by atoms with E-state index < -0.39 is 0 Å². The monoisotopic (exact) mass is 292 g/mol. The van der Waals surface area contributed by atoms with E-state index in [-0.39, 0.29) is 23.7 Å². The zero-order chi connectivity index (χ0) is 14.4. The maximum Gasteiger partial charge on any atom is 0.237 e. The summed E-state index contributed by atoms with van der Waals surface area (Å²) in [5, 5.41) is 0.430. The summed E-state index contributed by atoms with van der Waals surface area (Å²) in [6.07, 6.45) is 2.68. The maximum absolute atomic E-state index is 12.5. The van der Waals surface area contributed by atoms with Crippen LogP contribution in [0.4, 0.5) is 11.4 Å². The van der Waals surface area contributed by atoms with E-state index in [1.54, 1.807) is 18.2 Å². The van der Waals surface area contributed by atoms with Gasteiger partial charge in [0.25, 0.3) is 0 Å². The molecule has 1 aliphatic carbocycles. The molecule has 1 saturated carbocycles. The Morgan fingerprint density at radius 1 is 1.25 bits per heavy atom. The molecule has 0 bridgehead atoms. The van der Waals surface area contributed by atoms with Crippen molar-refractivity contribution in [3.05, 3.63) is 23.2 Å². The summed E-state index contributed by atoms with van der Waals surface area (Å²) in [6.45, 7) is 2.11. The molecule has 0 spiro atoms. The normalized spacial score (nSPS) is 29.1. The van der Waals surface area contributed by atoms with E-state index in [0.717, 1.165) is 19.3 Å². The van der Waals surface area contributed by atoms with Gasteiger partial charge < -0.3 is 5.73 Å². The topological polar surface area (TPSA) is 63.4 Å². The van der Waals surface area contributed by atoms with Gasteiger partial charge in [0, 0.05) is 0 Å². The van der Waals surface area contributed by atoms with Crippen LogP contribution in [0.15, 0.2) is 18.2 Å². The number of hydrogen-bond acceptors (Lipinski definition) is 3. The van der Waals surface area contributed by atoms with E-state index in [4.69, 9.17) is 17.3 Å². The molecule has 5 heteroatoms. The Morgan fingerprint density at radius 3 is 2.35 bits per heavy atom. The van der Waals surface area contributed by atoms with Gasteiger partial charge in [0.15, 0.2) is 0 Å². The van der Waals surface area contributed by atoms with Crippen molar-refractivity contribution in [3.63, 3.8) is 0 Å². The standard InChI is InChI=1S/C15H17ClN2O2/c1-2-8-5-10-11(6-8)15(20)18(14(10)19)9-3-4-12(16)13(17)7-9/h3-4,7-8,10-11H,2,5-6,17H2,1H3. The lowest BCUT2D eigenvalue weighted by Crippen LogP contribution is -2.32. The fraction of sp³-hybridized carbons (Fsp3) is 0.467. The van der Waals surface area contributed by atoms with Gasteiger partial charge in [-0.15, -0.1) is 0 Å².